The molecule has 0 spiro atoms. The third-order valence-corrected chi connectivity index (χ3v) is 4.39. The number of para-hydroxylation sites is 1. The molecule has 0 fully saturated rings. The molecule has 3 rings (SSSR count). The van der Waals surface area contributed by atoms with E-state index in [9.17, 15) is 4.79 Å². The zero-order chi connectivity index (χ0) is 15.2. The van der Waals surface area contributed by atoms with Gasteiger partial charge in [-0.25, -0.2) is 0 Å². The van der Waals surface area contributed by atoms with Crippen LogP contribution in [0.2, 0.25) is 5.02 Å². The highest BCUT2D eigenvalue weighted by Crippen LogP contribution is 2.42. The number of nitrogens with zero attached hydrogens (tertiary/aromatic N) is 1. The number of rotatable bonds is 2. The van der Waals surface area contributed by atoms with Crippen LogP contribution < -0.4 is 10.6 Å². The highest BCUT2D eigenvalue weighted by molar-refractivity contribution is 6.33. The Morgan fingerprint density at radius 3 is 2.62 bits per heavy atom. The summed E-state index contributed by atoms with van der Waals surface area (Å²) in [5.74, 6) is 0.109. The first-order valence-corrected chi connectivity index (χ1v) is 7.24. The third-order valence-electron chi connectivity index (χ3n) is 4.05. The van der Waals surface area contributed by atoms with Crippen LogP contribution in [0.4, 0.5) is 11.4 Å². The van der Waals surface area contributed by atoms with E-state index in [1.54, 1.807) is 6.07 Å². The van der Waals surface area contributed by atoms with Gasteiger partial charge < -0.3 is 10.6 Å². The van der Waals surface area contributed by atoms with Gasteiger partial charge in [0.25, 0.3) is 0 Å². The van der Waals surface area contributed by atoms with E-state index >= 15 is 0 Å². The summed E-state index contributed by atoms with van der Waals surface area (Å²) in [5.41, 5.74) is 8.90. The number of halogens is 1. The Hall–Kier alpha value is -2.00. The van der Waals surface area contributed by atoms with E-state index in [1.165, 1.54) is 0 Å². The number of anilines is 2. The van der Waals surface area contributed by atoms with Crippen molar-refractivity contribution < 1.29 is 4.79 Å². The van der Waals surface area contributed by atoms with Gasteiger partial charge in [0.1, 0.15) is 0 Å². The molecule has 21 heavy (non-hydrogen) atoms. The summed E-state index contributed by atoms with van der Waals surface area (Å²) >= 11 is 5.95. The lowest BCUT2D eigenvalue weighted by Gasteiger charge is -2.20. The molecule has 1 amide bonds. The van der Waals surface area contributed by atoms with Crippen LogP contribution in [0.5, 0.6) is 0 Å². The Morgan fingerprint density at radius 1 is 1.19 bits per heavy atom. The van der Waals surface area contributed by atoms with Crippen LogP contribution in [0, 0.1) is 0 Å². The second-order valence-electron chi connectivity index (χ2n) is 5.89. The van der Waals surface area contributed by atoms with Gasteiger partial charge in [-0.1, -0.05) is 35.9 Å². The number of nitrogen functional groups attached to an aromatic ring is 1. The molecule has 0 saturated carbocycles. The molecule has 1 heterocycles. The third kappa shape index (κ3) is 2.18. The molecule has 0 aromatic heterocycles. The van der Waals surface area contributed by atoms with Gasteiger partial charge in [0.05, 0.1) is 22.7 Å². The fourth-order valence-corrected chi connectivity index (χ4v) is 2.95. The quantitative estimate of drug-likeness (QED) is 0.859. The summed E-state index contributed by atoms with van der Waals surface area (Å²) in [6.07, 6.45) is 0. The number of nitrogens with two attached hydrogens (primary N) is 1. The molecule has 3 nitrogen and oxygen atoms in total. The van der Waals surface area contributed by atoms with Gasteiger partial charge in [0.15, 0.2) is 0 Å². The minimum absolute atomic E-state index is 0.109. The first kappa shape index (κ1) is 14.0. The maximum atomic E-state index is 12.7. The average Bonchev–Trinajstić information content (AvgIpc) is 2.65. The summed E-state index contributed by atoms with van der Waals surface area (Å²) in [5, 5.41) is 0.534. The summed E-state index contributed by atoms with van der Waals surface area (Å²) in [6.45, 7) is 4.43. The molecule has 108 valence electrons. The summed E-state index contributed by atoms with van der Waals surface area (Å²) < 4.78 is 0. The molecule has 0 saturated heterocycles. The Kier molecular flexibility index (Phi) is 3.18. The monoisotopic (exact) mass is 300 g/mol. The predicted octanol–water partition coefficient (Wildman–Crippen LogP) is 3.75. The average molecular weight is 301 g/mol. The highest BCUT2D eigenvalue weighted by atomic mass is 35.5. The van der Waals surface area contributed by atoms with Crippen molar-refractivity contribution in [2.75, 3.05) is 10.6 Å². The van der Waals surface area contributed by atoms with Crippen LogP contribution in [0.15, 0.2) is 42.5 Å². The minimum atomic E-state index is -0.492. The van der Waals surface area contributed by atoms with Crippen molar-refractivity contribution in [3.05, 3.63) is 58.6 Å². The van der Waals surface area contributed by atoms with Crippen molar-refractivity contribution in [3.63, 3.8) is 0 Å². The fourth-order valence-electron chi connectivity index (χ4n) is 2.83. The van der Waals surface area contributed by atoms with Crippen molar-refractivity contribution in [3.8, 4) is 0 Å². The molecule has 0 atom stereocenters. The topological polar surface area (TPSA) is 46.3 Å². The van der Waals surface area contributed by atoms with Crippen molar-refractivity contribution in [1.82, 2.24) is 0 Å². The molecule has 2 aromatic rings. The Balaban J connectivity index is 1.99. The van der Waals surface area contributed by atoms with Crippen LogP contribution in [0.3, 0.4) is 0 Å². The van der Waals surface area contributed by atoms with E-state index in [1.807, 2.05) is 55.1 Å². The van der Waals surface area contributed by atoms with Gasteiger partial charge in [0, 0.05) is 5.69 Å². The van der Waals surface area contributed by atoms with Gasteiger partial charge in [-0.15, -0.1) is 0 Å². The maximum Gasteiger partial charge on any atom is 0.237 e. The molecule has 1 aliphatic rings. The van der Waals surface area contributed by atoms with Gasteiger partial charge in [-0.05, 0) is 43.2 Å². The predicted molar refractivity (Wildman–Crippen MR) is 86.5 cm³/mol. The molecule has 0 radical (unpaired) electrons. The first-order chi connectivity index (χ1) is 9.91. The van der Waals surface area contributed by atoms with Crippen LogP contribution in [0.1, 0.15) is 25.0 Å². The maximum absolute atomic E-state index is 12.7. The smallest absolute Gasteiger partial charge is 0.237 e. The standard InChI is InChI=1S/C17H17ClN2O/c1-17(2)12-5-3-4-6-15(12)20(16(17)21)10-11-7-8-13(18)14(19)9-11/h3-9H,10,19H2,1-2H3. The molecule has 0 bridgehead atoms. The minimum Gasteiger partial charge on any atom is -0.398 e. The summed E-state index contributed by atoms with van der Waals surface area (Å²) in [6, 6.07) is 13.4. The number of carbonyl (C=O) groups excluding carboxylic acids is 1. The largest absolute Gasteiger partial charge is 0.398 e. The lowest BCUT2D eigenvalue weighted by atomic mass is 9.86. The lowest BCUT2D eigenvalue weighted by Crippen LogP contribution is -2.35. The Morgan fingerprint density at radius 2 is 1.90 bits per heavy atom. The van der Waals surface area contributed by atoms with Crippen LogP contribution >= 0.6 is 11.6 Å². The van der Waals surface area contributed by atoms with E-state index in [0.717, 1.165) is 16.8 Å². The van der Waals surface area contributed by atoms with Crippen LogP contribution in [-0.2, 0) is 16.8 Å². The van der Waals surface area contributed by atoms with Gasteiger partial charge in [-0.2, -0.15) is 0 Å². The van der Waals surface area contributed by atoms with E-state index < -0.39 is 5.41 Å². The fraction of sp³-hybridized carbons (Fsp3) is 0.235. The van der Waals surface area contributed by atoms with Gasteiger partial charge in [-0.3, -0.25) is 4.79 Å². The molecule has 0 unspecified atom stereocenters. The first-order valence-electron chi connectivity index (χ1n) is 6.86. The highest BCUT2D eigenvalue weighted by Gasteiger charge is 2.43. The molecule has 2 N–H and O–H groups in total. The molecule has 1 aliphatic heterocycles. The van der Waals surface area contributed by atoms with Crippen LogP contribution in [-0.4, -0.2) is 5.91 Å². The molecule has 4 heteroatoms. The van der Waals surface area contributed by atoms with Gasteiger partial charge >= 0.3 is 0 Å². The SMILES string of the molecule is CC1(C)C(=O)N(Cc2ccc(Cl)c(N)c2)c2ccccc21. The lowest BCUT2D eigenvalue weighted by molar-refractivity contribution is -0.122. The second kappa shape index (κ2) is 4.78. The summed E-state index contributed by atoms with van der Waals surface area (Å²) in [7, 11) is 0. The Bertz CT molecular complexity index is 724. The van der Waals surface area contributed by atoms with Crippen molar-refractivity contribution in [1.29, 1.82) is 0 Å². The molecular weight excluding hydrogens is 284 g/mol. The Labute approximate surface area is 129 Å². The number of hydrogen-bond donors (Lipinski definition) is 1. The van der Waals surface area contributed by atoms with Crippen molar-refractivity contribution >= 4 is 28.9 Å². The number of hydrogen-bond acceptors (Lipinski definition) is 2. The van der Waals surface area contributed by atoms with Crippen molar-refractivity contribution in [2.45, 2.75) is 25.8 Å². The van der Waals surface area contributed by atoms with Crippen LogP contribution in [0.25, 0.3) is 0 Å². The number of carbonyl (C=O) groups is 1. The normalized spacial score (nSPS) is 16.1. The van der Waals surface area contributed by atoms with E-state index in [4.69, 9.17) is 17.3 Å². The van der Waals surface area contributed by atoms with Crippen molar-refractivity contribution in [2.24, 2.45) is 0 Å². The van der Waals surface area contributed by atoms with E-state index in [-0.39, 0.29) is 5.91 Å². The molecule has 2 aromatic carbocycles. The zero-order valence-corrected chi connectivity index (χ0v) is 12.8. The zero-order valence-electron chi connectivity index (χ0n) is 12.1. The number of amides is 1. The molecular formula is C17H17ClN2O. The number of benzene rings is 2. The van der Waals surface area contributed by atoms with Gasteiger partial charge in [0.2, 0.25) is 5.91 Å². The van der Waals surface area contributed by atoms with E-state index in [2.05, 4.69) is 0 Å². The summed E-state index contributed by atoms with van der Waals surface area (Å²) in [4.78, 5) is 14.5. The number of fused-ring (bicyclic) bond motifs is 1. The second-order valence-corrected chi connectivity index (χ2v) is 6.30. The van der Waals surface area contributed by atoms with E-state index in [0.29, 0.717) is 17.3 Å². The molecule has 0 aliphatic carbocycles.